The molecule has 1 aromatic carbocycles. The van der Waals surface area contributed by atoms with Crippen LogP contribution < -0.4 is 11.5 Å². The van der Waals surface area contributed by atoms with Gasteiger partial charge in [-0.15, -0.1) is 12.4 Å². The molecular formula is C7H11Cl2N3. The first kappa shape index (κ1) is 13.6. The monoisotopic (exact) mass is 207 g/mol. The number of nitrogens with one attached hydrogen (secondary N) is 1. The SMILES string of the molecule is Cl.Clc1ccccc1.N=C(N)N. The second kappa shape index (κ2) is 8.17. The third-order valence-corrected chi connectivity index (χ3v) is 0.985. The van der Waals surface area contributed by atoms with Crippen molar-refractivity contribution in [3.8, 4) is 0 Å². The summed E-state index contributed by atoms with van der Waals surface area (Å²) in [7, 11) is 0. The Bertz CT molecular complexity index is 209. The summed E-state index contributed by atoms with van der Waals surface area (Å²) in [6, 6.07) is 9.44. The number of hydrogen-bond donors (Lipinski definition) is 3. The van der Waals surface area contributed by atoms with E-state index in [0.717, 1.165) is 5.02 Å². The molecular weight excluding hydrogens is 197 g/mol. The van der Waals surface area contributed by atoms with E-state index >= 15 is 0 Å². The van der Waals surface area contributed by atoms with Crippen LogP contribution in [-0.4, -0.2) is 5.96 Å². The highest BCUT2D eigenvalue weighted by Gasteiger charge is 1.74. The van der Waals surface area contributed by atoms with Crippen LogP contribution in [0.1, 0.15) is 0 Å². The van der Waals surface area contributed by atoms with Crippen LogP contribution >= 0.6 is 24.0 Å². The Labute approximate surface area is 82.6 Å². The molecule has 1 aromatic rings. The Morgan fingerprint density at radius 2 is 1.50 bits per heavy atom. The van der Waals surface area contributed by atoms with Gasteiger partial charge in [-0.3, -0.25) is 5.41 Å². The van der Waals surface area contributed by atoms with Crippen LogP contribution in [0.5, 0.6) is 0 Å². The van der Waals surface area contributed by atoms with Crippen molar-refractivity contribution >= 4 is 30.0 Å². The smallest absolute Gasteiger partial charge is 0.183 e. The summed E-state index contributed by atoms with van der Waals surface area (Å²) in [4.78, 5) is 0. The van der Waals surface area contributed by atoms with Gasteiger partial charge in [0.05, 0.1) is 0 Å². The molecule has 0 amide bonds. The van der Waals surface area contributed by atoms with E-state index < -0.39 is 0 Å². The van der Waals surface area contributed by atoms with Crippen molar-refractivity contribution in [2.24, 2.45) is 11.5 Å². The molecule has 68 valence electrons. The molecule has 0 spiro atoms. The zero-order valence-electron chi connectivity index (χ0n) is 6.33. The summed E-state index contributed by atoms with van der Waals surface area (Å²) in [5.41, 5.74) is 8.94. The number of rotatable bonds is 0. The van der Waals surface area contributed by atoms with Gasteiger partial charge in [-0.05, 0) is 12.1 Å². The number of hydrogen-bond acceptors (Lipinski definition) is 1. The molecule has 0 aliphatic heterocycles. The van der Waals surface area contributed by atoms with E-state index in [1.807, 2.05) is 30.3 Å². The number of halogens is 2. The van der Waals surface area contributed by atoms with Gasteiger partial charge in [0.1, 0.15) is 0 Å². The Kier molecular flexibility index (Phi) is 9.29. The predicted molar refractivity (Wildman–Crippen MR) is 54.8 cm³/mol. The minimum Gasteiger partial charge on any atom is -0.370 e. The number of guanidine groups is 1. The van der Waals surface area contributed by atoms with Gasteiger partial charge in [0.2, 0.25) is 0 Å². The van der Waals surface area contributed by atoms with E-state index in [4.69, 9.17) is 17.0 Å². The molecule has 1 rings (SSSR count). The molecule has 0 aromatic heterocycles. The zero-order valence-corrected chi connectivity index (χ0v) is 7.90. The molecule has 5 N–H and O–H groups in total. The average Bonchev–Trinajstić information content (AvgIpc) is 1.87. The minimum atomic E-state index is -0.333. The Morgan fingerprint density at radius 3 is 1.67 bits per heavy atom. The van der Waals surface area contributed by atoms with Gasteiger partial charge in [0.25, 0.3) is 0 Å². The van der Waals surface area contributed by atoms with Crippen LogP contribution in [0.3, 0.4) is 0 Å². The van der Waals surface area contributed by atoms with E-state index in [0.29, 0.717) is 0 Å². The maximum absolute atomic E-state index is 6.06. The van der Waals surface area contributed by atoms with Gasteiger partial charge in [-0.25, -0.2) is 0 Å². The van der Waals surface area contributed by atoms with Crippen molar-refractivity contribution < 1.29 is 0 Å². The normalized spacial score (nSPS) is 7.08. The predicted octanol–water partition coefficient (Wildman–Crippen LogP) is 1.60. The lowest BCUT2D eigenvalue weighted by atomic mass is 10.4. The van der Waals surface area contributed by atoms with E-state index in [2.05, 4.69) is 11.5 Å². The highest BCUT2D eigenvalue weighted by Crippen LogP contribution is 2.03. The molecule has 0 radical (unpaired) electrons. The molecule has 0 unspecified atom stereocenters. The van der Waals surface area contributed by atoms with E-state index in [9.17, 15) is 0 Å². The maximum atomic E-state index is 6.06. The summed E-state index contributed by atoms with van der Waals surface area (Å²) in [6.07, 6.45) is 0. The molecule has 0 aliphatic rings. The fraction of sp³-hybridized carbons (Fsp3) is 0. The highest BCUT2D eigenvalue weighted by molar-refractivity contribution is 6.30. The Morgan fingerprint density at radius 1 is 1.17 bits per heavy atom. The first-order valence-electron chi connectivity index (χ1n) is 2.93. The van der Waals surface area contributed by atoms with Crippen molar-refractivity contribution in [2.75, 3.05) is 0 Å². The fourth-order valence-electron chi connectivity index (χ4n) is 0.415. The molecule has 0 bridgehead atoms. The zero-order chi connectivity index (χ0) is 8.69. The third kappa shape index (κ3) is 11.8. The van der Waals surface area contributed by atoms with Gasteiger partial charge in [-0.1, -0.05) is 29.8 Å². The van der Waals surface area contributed by atoms with Crippen LogP contribution in [-0.2, 0) is 0 Å². The Hall–Kier alpha value is -0.930. The van der Waals surface area contributed by atoms with Crippen molar-refractivity contribution in [3.63, 3.8) is 0 Å². The van der Waals surface area contributed by atoms with E-state index in [1.54, 1.807) is 0 Å². The summed E-state index contributed by atoms with van der Waals surface area (Å²) in [5.74, 6) is -0.333. The van der Waals surface area contributed by atoms with Gasteiger partial charge >= 0.3 is 0 Å². The molecule has 0 heterocycles. The van der Waals surface area contributed by atoms with Crippen molar-refractivity contribution in [1.29, 1.82) is 5.41 Å². The number of nitrogens with two attached hydrogens (primary N) is 2. The van der Waals surface area contributed by atoms with Gasteiger partial charge in [-0.2, -0.15) is 0 Å². The standard InChI is InChI=1S/C6H5Cl.CH5N3.ClH/c7-6-4-2-1-3-5-6;2-1(3)4;/h1-5H;(H5,2,3,4);1H. The first-order chi connectivity index (χ1) is 5.13. The lowest BCUT2D eigenvalue weighted by Crippen LogP contribution is -2.20. The van der Waals surface area contributed by atoms with Crippen molar-refractivity contribution in [2.45, 2.75) is 0 Å². The molecule has 0 saturated heterocycles. The molecule has 5 heteroatoms. The lowest BCUT2D eigenvalue weighted by molar-refractivity contribution is 1.39. The van der Waals surface area contributed by atoms with Crippen LogP contribution in [0.25, 0.3) is 0 Å². The molecule has 3 nitrogen and oxygen atoms in total. The lowest BCUT2D eigenvalue weighted by Gasteiger charge is -1.80. The highest BCUT2D eigenvalue weighted by atomic mass is 35.5. The molecule has 0 saturated carbocycles. The minimum absolute atomic E-state index is 0. The third-order valence-electron chi connectivity index (χ3n) is 0.733. The molecule has 12 heavy (non-hydrogen) atoms. The topological polar surface area (TPSA) is 75.9 Å². The molecule has 0 atom stereocenters. The van der Waals surface area contributed by atoms with Gasteiger partial charge < -0.3 is 11.5 Å². The van der Waals surface area contributed by atoms with Crippen molar-refractivity contribution in [1.82, 2.24) is 0 Å². The fourth-order valence-corrected chi connectivity index (χ4v) is 0.560. The van der Waals surface area contributed by atoms with Crippen LogP contribution in [0.4, 0.5) is 0 Å². The van der Waals surface area contributed by atoms with Crippen molar-refractivity contribution in [3.05, 3.63) is 35.4 Å². The summed E-state index contributed by atoms with van der Waals surface area (Å²) in [6.45, 7) is 0. The Balaban J connectivity index is 0. The van der Waals surface area contributed by atoms with Crippen LogP contribution in [0, 0.1) is 5.41 Å². The van der Waals surface area contributed by atoms with Gasteiger partial charge in [0, 0.05) is 5.02 Å². The van der Waals surface area contributed by atoms with E-state index in [-0.39, 0.29) is 18.4 Å². The number of benzene rings is 1. The largest absolute Gasteiger partial charge is 0.370 e. The molecule has 0 aliphatic carbocycles. The second-order valence-corrected chi connectivity index (χ2v) is 2.19. The first-order valence-corrected chi connectivity index (χ1v) is 3.30. The van der Waals surface area contributed by atoms with E-state index in [1.165, 1.54) is 0 Å². The summed E-state index contributed by atoms with van der Waals surface area (Å²) >= 11 is 5.54. The van der Waals surface area contributed by atoms with Crippen LogP contribution in [0.2, 0.25) is 5.02 Å². The molecule has 0 fully saturated rings. The summed E-state index contributed by atoms with van der Waals surface area (Å²) < 4.78 is 0. The quantitative estimate of drug-likeness (QED) is 0.447. The summed E-state index contributed by atoms with van der Waals surface area (Å²) in [5, 5.41) is 6.85. The average molecular weight is 208 g/mol. The maximum Gasteiger partial charge on any atom is 0.183 e. The second-order valence-electron chi connectivity index (χ2n) is 1.75. The van der Waals surface area contributed by atoms with Crippen LogP contribution in [0.15, 0.2) is 30.3 Å². The van der Waals surface area contributed by atoms with Gasteiger partial charge in [0.15, 0.2) is 5.96 Å².